The van der Waals surface area contributed by atoms with Gasteiger partial charge < -0.3 is 20.4 Å². The Morgan fingerprint density at radius 2 is 0.758 bits per heavy atom. The third-order valence-corrected chi connectivity index (χ3v) is 6.30. The van der Waals surface area contributed by atoms with Gasteiger partial charge in [-0.3, -0.25) is 0 Å². The SMILES string of the molecule is CC(CC(c1ccc(O)cc1)C(c1ccc(O)cc1)c1ccc(O)cc1)c1ccc(O)cc1. The predicted octanol–water partition coefficient (Wildman–Crippen LogP) is 6.62. The molecular weight excluding hydrogens is 412 g/mol. The van der Waals surface area contributed by atoms with Gasteiger partial charge >= 0.3 is 0 Å². The van der Waals surface area contributed by atoms with E-state index in [-0.39, 0.29) is 40.8 Å². The van der Waals surface area contributed by atoms with Crippen molar-refractivity contribution < 1.29 is 20.4 Å². The summed E-state index contributed by atoms with van der Waals surface area (Å²) >= 11 is 0. The molecule has 4 N–H and O–H groups in total. The molecule has 0 saturated carbocycles. The van der Waals surface area contributed by atoms with Crippen LogP contribution in [-0.2, 0) is 0 Å². The van der Waals surface area contributed by atoms with E-state index in [4.69, 9.17) is 0 Å². The van der Waals surface area contributed by atoms with Crippen LogP contribution in [0, 0.1) is 0 Å². The van der Waals surface area contributed by atoms with Gasteiger partial charge in [0, 0.05) is 5.92 Å². The van der Waals surface area contributed by atoms with Crippen LogP contribution in [0.4, 0.5) is 0 Å². The molecule has 0 aliphatic rings. The minimum atomic E-state index is -0.0460. The summed E-state index contributed by atoms with van der Waals surface area (Å²) in [6.07, 6.45) is 0.808. The Morgan fingerprint density at radius 3 is 1.12 bits per heavy atom. The summed E-state index contributed by atoms with van der Waals surface area (Å²) in [6, 6.07) is 29.2. The number of phenols is 4. The molecule has 0 aromatic heterocycles. The molecule has 2 unspecified atom stereocenters. The first kappa shape index (κ1) is 22.3. The highest BCUT2D eigenvalue weighted by molar-refractivity contribution is 5.43. The van der Waals surface area contributed by atoms with Crippen molar-refractivity contribution in [3.8, 4) is 23.0 Å². The molecule has 168 valence electrons. The number of phenolic OH excluding ortho intramolecular Hbond substituents is 4. The molecule has 0 saturated heterocycles. The Balaban J connectivity index is 1.81. The lowest BCUT2D eigenvalue weighted by molar-refractivity contribution is 0.468. The molecule has 0 amide bonds. The molecule has 0 aliphatic carbocycles. The third kappa shape index (κ3) is 5.29. The van der Waals surface area contributed by atoms with Crippen molar-refractivity contribution in [2.75, 3.05) is 0 Å². The van der Waals surface area contributed by atoms with Gasteiger partial charge in [-0.25, -0.2) is 0 Å². The monoisotopic (exact) mass is 440 g/mol. The van der Waals surface area contributed by atoms with Gasteiger partial charge in [0.15, 0.2) is 0 Å². The minimum absolute atomic E-state index is 0.0449. The smallest absolute Gasteiger partial charge is 0.115 e. The van der Waals surface area contributed by atoms with Gasteiger partial charge in [-0.15, -0.1) is 0 Å². The summed E-state index contributed by atoms with van der Waals surface area (Å²) < 4.78 is 0. The van der Waals surface area contributed by atoms with Gasteiger partial charge in [0.05, 0.1) is 0 Å². The maximum Gasteiger partial charge on any atom is 0.115 e. The van der Waals surface area contributed by atoms with E-state index in [1.54, 1.807) is 48.5 Å². The molecule has 0 spiro atoms. The highest BCUT2D eigenvalue weighted by atomic mass is 16.3. The van der Waals surface area contributed by atoms with Crippen LogP contribution in [0.2, 0.25) is 0 Å². The fraction of sp³-hybridized carbons (Fsp3) is 0.172. The molecule has 0 radical (unpaired) electrons. The highest BCUT2D eigenvalue weighted by Crippen LogP contribution is 2.45. The predicted molar refractivity (Wildman–Crippen MR) is 130 cm³/mol. The van der Waals surface area contributed by atoms with E-state index in [1.807, 2.05) is 48.5 Å². The lowest BCUT2D eigenvalue weighted by Gasteiger charge is -2.31. The van der Waals surface area contributed by atoms with Gasteiger partial charge in [-0.05, 0) is 89.0 Å². The first-order valence-corrected chi connectivity index (χ1v) is 11.1. The molecule has 2 atom stereocenters. The van der Waals surface area contributed by atoms with Crippen LogP contribution in [-0.4, -0.2) is 20.4 Å². The summed E-state index contributed by atoms with van der Waals surface area (Å²) in [5.41, 5.74) is 4.32. The zero-order valence-electron chi connectivity index (χ0n) is 18.5. The fourth-order valence-corrected chi connectivity index (χ4v) is 4.53. The van der Waals surface area contributed by atoms with E-state index >= 15 is 0 Å². The quantitative estimate of drug-likeness (QED) is 0.260. The summed E-state index contributed by atoms with van der Waals surface area (Å²) in [7, 11) is 0. The van der Waals surface area contributed by atoms with Crippen LogP contribution in [0.15, 0.2) is 97.1 Å². The summed E-state index contributed by atoms with van der Waals surface area (Å²) in [5.74, 6) is 1.07. The number of aromatic hydroxyl groups is 4. The Bertz CT molecular complexity index is 1120. The van der Waals surface area contributed by atoms with Gasteiger partial charge in [0.25, 0.3) is 0 Å². The van der Waals surface area contributed by atoms with Crippen molar-refractivity contribution in [2.24, 2.45) is 0 Å². The van der Waals surface area contributed by atoms with Crippen molar-refractivity contribution in [2.45, 2.75) is 31.1 Å². The second-order valence-corrected chi connectivity index (χ2v) is 8.59. The van der Waals surface area contributed by atoms with E-state index in [9.17, 15) is 20.4 Å². The first-order chi connectivity index (χ1) is 15.9. The molecule has 4 nitrogen and oxygen atoms in total. The van der Waals surface area contributed by atoms with E-state index < -0.39 is 0 Å². The average Bonchev–Trinajstić information content (AvgIpc) is 2.82. The van der Waals surface area contributed by atoms with Gasteiger partial charge in [0.2, 0.25) is 0 Å². The molecule has 0 aliphatic heterocycles. The Morgan fingerprint density at radius 1 is 0.455 bits per heavy atom. The Kier molecular flexibility index (Phi) is 6.55. The maximum absolute atomic E-state index is 9.88. The number of benzene rings is 4. The van der Waals surface area contributed by atoms with Crippen LogP contribution in [0.25, 0.3) is 0 Å². The first-order valence-electron chi connectivity index (χ1n) is 11.1. The molecular formula is C29H28O4. The van der Waals surface area contributed by atoms with Crippen molar-refractivity contribution in [1.82, 2.24) is 0 Å². The van der Waals surface area contributed by atoms with Crippen molar-refractivity contribution >= 4 is 0 Å². The number of hydrogen-bond donors (Lipinski definition) is 4. The Hall–Kier alpha value is -3.92. The average molecular weight is 441 g/mol. The molecule has 0 fully saturated rings. The van der Waals surface area contributed by atoms with Crippen molar-refractivity contribution in [1.29, 1.82) is 0 Å². The van der Waals surface area contributed by atoms with Crippen LogP contribution >= 0.6 is 0 Å². The molecule has 4 rings (SSSR count). The summed E-state index contributed by atoms with van der Waals surface area (Å²) in [6.45, 7) is 2.17. The second-order valence-electron chi connectivity index (χ2n) is 8.59. The molecule has 33 heavy (non-hydrogen) atoms. The highest BCUT2D eigenvalue weighted by Gasteiger charge is 2.29. The van der Waals surface area contributed by atoms with Crippen molar-refractivity contribution in [3.05, 3.63) is 119 Å². The topological polar surface area (TPSA) is 80.9 Å². The van der Waals surface area contributed by atoms with E-state index in [2.05, 4.69) is 6.92 Å². The molecule has 4 aromatic carbocycles. The Labute approximate surface area is 194 Å². The minimum Gasteiger partial charge on any atom is -0.508 e. The largest absolute Gasteiger partial charge is 0.508 e. The molecule has 4 heteroatoms. The van der Waals surface area contributed by atoms with E-state index in [1.165, 1.54) is 0 Å². The maximum atomic E-state index is 9.88. The number of hydrogen-bond acceptors (Lipinski definition) is 4. The molecule has 0 heterocycles. The standard InChI is InChI=1S/C29H28O4/c1-19(20-2-10-24(30)11-3-20)18-28(21-4-12-25(31)13-5-21)29(22-6-14-26(32)15-7-22)23-8-16-27(33)17-9-23/h2-17,19,28-33H,18H2,1H3. The van der Waals surface area contributed by atoms with Gasteiger partial charge in [-0.1, -0.05) is 55.5 Å². The summed E-state index contributed by atoms with van der Waals surface area (Å²) in [5, 5.41) is 39.3. The fourth-order valence-electron chi connectivity index (χ4n) is 4.53. The zero-order chi connectivity index (χ0) is 23.4. The normalized spacial score (nSPS) is 13.0. The van der Waals surface area contributed by atoms with Crippen LogP contribution in [0.1, 0.15) is 53.4 Å². The molecule has 4 aromatic rings. The van der Waals surface area contributed by atoms with E-state index in [0.717, 1.165) is 28.7 Å². The van der Waals surface area contributed by atoms with Gasteiger partial charge in [0.1, 0.15) is 23.0 Å². The lowest BCUT2D eigenvalue weighted by atomic mass is 9.72. The lowest BCUT2D eigenvalue weighted by Crippen LogP contribution is -2.16. The third-order valence-electron chi connectivity index (χ3n) is 6.30. The number of rotatable bonds is 7. The zero-order valence-corrected chi connectivity index (χ0v) is 18.5. The van der Waals surface area contributed by atoms with Crippen LogP contribution < -0.4 is 0 Å². The van der Waals surface area contributed by atoms with Gasteiger partial charge in [-0.2, -0.15) is 0 Å². The van der Waals surface area contributed by atoms with Crippen LogP contribution in [0.5, 0.6) is 23.0 Å². The van der Waals surface area contributed by atoms with E-state index in [0.29, 0.717) is 0 Å². The molecule has 0 bridgehead atoms. The van der Waals surface area contributed by atoms with Crippen LogP contribution in [0.3, 0.4) is 0 Å². The second kappa shape index (κ2) is 9.70. The summed E-state index contributed by atoms with van der Waals surface area (Å²) in [4.78, 5) is 0. The van der Waals surface area contributed by atoms with Crippen molar-refractivity contribution in [3.63, 3.8) is 0 Å².